The molecule has 1 aromatic heterocycles. The molecule has 2 aromatic rings. The van der Waals surface area contributed by atoms with E-state index < -0.39 is 5.97 Å². The van der Waals surface area contributed by atoms with Gasteiger partial charge in [-0.3, -0.25) is 0 Å². The summed E-state index contributed by atoms with van der Waals surface area (Å²) in [7, 11) is 0. The van der Waals surface area contributed by atoms with Gasteiger partial charge in [0.25, 0.3) is 0 Å². The van der Waals surface area contributed by atoms with E-state index >= 15 is 0 Å². The summed E-state index contributed by atoms with van der Waals surface area (Å²) in [5, 5.41) is 0.893. The lowest BCUT2D eigenvalue weighted by Crippen LogP contribution is -2.09. The Hall–Kier alpha value is -2.10. The van der Waals surface area contributed by atoms with Crippen molar-refractivity contribution in [2.24, 2.45) is 0 Å². The number of carbonyl (C=O) groups excluding carboxylic acids is 1. The normalized spacial score (nSPS) is 10.3. The van der Waals surface area contributed by atoms with Crippen LogP contribution in [0.25, 0.3) is 10.9 Å². The monoisotopic (exact) mass is 245 g/mol. The molecule has 0 amide bonds. The first-order valence-corrected chi connectivity index (χ1v) is 5.96. The highest BCUT2D eigenvalue weighted by molar-refractivity contribution is 5.96. The average molecular weight is 245 g/mol. The first-order chi connectivity index (χ1) is 8.76. The predicted molar refractivity (Wildman–Crippen MR) is 68.9 cm³/mol. The molecule has 0 atom stereocenters. The Labute approximate surface area is 106 Å². The Morgan fingerprint density at radius 3 is 2.72 bits per heavy atom. The molecule has 0 radical (unpaired) electrons. The largest absolute Gasteiger partial charge is 0.477 e. The van der Waals surface area contributed by atoms with Crippen molar-refractivity contribution in [1.29, 1.82) is 0 Å². The summed E-state index contributed by atoms with van der Waals surface area (Å²) in [6.07, 6.45) is 0. The van der Waals surface area contributed by atoms with Gasteiger partial charge in [-0.1, -0.05) is 18.2 Å². The van der Waals surface area contributed by atoms with Gasteiger partial charge in [-0.2, -0.15) is 0 Å². The van der Waals surface area contributed by atoms with Crippen LogP contribution in [0.2, 0.25) is 0 Å². The summed E-state index contributed by atoms with van der Waals surface area (Å²) >= 11 is 0. The maximum absolute atomic E-state index is 11.8. The van der Waals surface area contributed by atoms with Gasteiger partial charge in [0.1, 0.15) is 5.56 Å². The zero-order chi connectivity index (χ0) is 13.0. The summed E-state index contributed by atoms with van der Waals surface area (Å²) in [6, 6.07) is 9.34. The number of hydrogen-bond donors (Lipinski definition) is 0. The van der Waals surface area contributed by atoms with Crippen LogP contribution in [0.4, 0.5) is 0 Å². The number of rotatable bonds is 4. The fourth-order valence-corrected chi connectivity index (χ4v) is 1.70. The minimum atomic E-state index is -0.404. The van der Waals surface area contributed by atoms with Crippen LogP contribution in [-0.4, -0.2) is 24.2 Å². The highest BCUT2D eigenvalue weighted by Gasteiger charge is 2.16. The topological polar surface area (TPSA) is 48.4 Å². The number of hydrogen-bond acceptors (Lipinski definition) is 4. The van der Waals surface area contributed by atoms with Crippen LogP contribution in [0.5, 0.6) is 5.88 Å². The van der Waals surface area contributed by atoms with E-state index in [0.717, 1.165) is 10.9 Å². The second-order valence-electron chi connectivity index (χ2n) is 3.69. The summed E-state index contributed by atoms with van der Waals surface area (Å²) in [4.78, 5) is 16.2. The van der Waals surface area contributed by atoms with Crippen LogP contribution >= 0.6 is 0 Å². The molecule has 0 N–H and O–H groups in total. The van der Waals surface area contributed by atoms with Gasteiger partial charge in [0.15, 0.2) is 0 Å². The highest BCUT2D eigenvalue weighted by atomic mass is 16.5. The Morgan fingerprint density at radius 2 is 2.00 bits per heavy atom. The smallest absolute Gasteiger partial charge is 0.343 e. The maximum Gasteiger partial charge on any atom is 0.343 e. The van der Waals surface area contributed by atoms with Gasteiger partial charge in [-0.25, -0.2) is 9.78 Å². The second kappa shape index (κ2) is 5.49. The van der Waals surface area contributed by atoms with Crippen molar-refractivity contribution in [1.82, 2.24) is 4.98 Å². The number of para-hydroxylation sites is 1. The molecule has 4 nitrogen and oxygen atoms in total. The van der Waals surface area contributed by atoms with E-state index in [1.54, 1.807) is 13.0 Å². The Balaban J connectivity index is 2.53. The predicted octanol–water partition coefficient (Wildman–Crippen LogP) is 2.81. The van der Waals surface area contributed by atoms with Gasteiger partial charge in [-0.05, 0) is 26.0 Å². The number of benzene rings is 1. The van der Waals surface area contributed by atoms with Gasteiger partial charge in [0.2, 0.25) is 5.88 Å². The van der Waals surface area contributed by atoms with E-state index in [-0.39, 0.29) is 0 Å². The van der Waals surface area contributed by atoms with Gasteiger partial charge in [-0.15, -0.1) is 0 Å². The lowest BCUT2D eigenvalue weighted by molar-refractivity contribution is 0.0521. The lowest BCUT2D eigenvalue weighted by atomic mass is 10.1. The minimum Gasteiger partial charge on any atom is -0.477 e. The molecule has 2 rings (SSSR count). The second-order valence-corrected chi connectivity index (χ2v) is 3.69. The summed E-state index contributed by atoms with van der Waals surface area (Å²) < 4.78 is 10.4. The summed E-state index contributed by atoms with van der Waals surface area (Å²) in [5.41, 5.74) is 1.17. The molecule has 1 aromatic carbocycles. The number of aromatic nitrogens is 1. The molecule has 1 heterocycles. The first kappa shape index (κ1) is 12.4. The average Bonchev–Trinajstić information content (AvgIpc) is 2.38. The van der Waals surface area contributed by atoms with Gasteiger partial charge >= 0.3 is 5.97 Å². The van der Waals surface area contributed by atoms with Gasteiger partial charge in [0.05, 0.1) is 18.7 Å². The number of ether oxygens (including phenoxy) is 2. The number of fused-ring (bicyclic) bond motifs is 1. The van der Waals surface area contributed by atoms with Gasteiger partial charge in [0, 0.05) is 5.39 Å². The van der Waals surface area contributed by atoms with Crippen molar-refractivity contribution in [3.05, 3.63) is 35.9 Å². The molecule has 0 saturated carbocycles. The third kappa shape index (κ3) is 2.42. The van der Waals surface area contributed by atoms with Gasteiger partial charge < -0.3 is 9.47 Å². The zero-order valence-electron chi connectivity index (χ0n) is 10.5. The molecule has 18 heavy (non-hydrogen) atoms. The third-order valence-corrected chi connectivity index (χ3v) is 2.47. The van der Waals surface area contributed by atoms with Crippen molar-refractivity contribution in [3.63, 3.8) is 0 Å². The van der Waals surface area contributed by atoms with Crippen molar-refractivity contribution >= 4 is 16.9 Å². The molecule has 0 aliphatic rings. The molecule has 0 saturated heterocycles. The quantitative estimate of drug-likeness (QED) is 0.777. The zero-order valence-corrected chi connectivity index (χ0v) is 10.5. The molecule has 4 heteroatoms. The fraction of sp³-hybridized carbons (Fsp3) is 0.286. The van der Waals surface area contributed by atoms with Crippen LogP contribution in [0, 0.1) is 0 Å². The van der Waals surface area contributed by atoms with E-state index in [1.807, 2.05) is 31.2 Å². The summed E-state index contributed by atoms with van der Waals surface area (Å²) in [5.74, 6) is -0.0751. The van der Waals surface area contributed by atoms with E-state index in [1.165, 1.54) is 0 Å². The van der Waals surface area contributed by atoms with E-state index in [4.69, 9.17) is 9.47 Å². The standard InChI is InChI=1S/C14H15NO3/c1-3-17-13-11(14(16)18-4-2)9-10-7-5-6-8-12(10)15-13/h5-9H,3-4H2,1-2H3. The molecule has 0 bridgehead atoms. The SMILES string of the molecule is CCOC(=O)c1cc2ccccc2nc1OCC. The molecule has 0 fully saturated rings. The van der Waals surface area contributed by atoms with Crippen molar-refractivity contribution in [2.45, 2.75) is 13.8 Å². The molecular weight excluding hydrogens is 230 g/mol. The minimum absolute atomic E-state index is 0.328. The maximum atomic E-state index is 11.8. The number of esters is 1. The van der Waals surface area contributed by atoms with Crippen LogP contribution < -0.4 is 4.74 Å². The van der Waals surface area contributed by atoms with Crippen molar-refractivity contribution in [3.8, 4) is 5.88 Å². The van der Waals surface area contributed by atoms with Crippen molar-refractivity contribution < 1.29 is 14.3 Å². The van der Waals surface area contributed by atoms with Crippen LogP contribution in [-0.2, 0) is 4.74 Å². The number of carbonyl (C=O) groups is 1. The van der Waals surface area contributed by atoms with Crippen LogP contribution in [0.15, 0.2) is 30.3 Å². The third-order valence-electron chi connectivity index (χ3n) is 2.47. The van der Waals surface area contributed by atoms with E-state index in [2.05, 4.69) is 4.98 Å². The van der Waals surface area contributed by atoms with Crippen molar-refractivity contribution in [2.75, 3.05) is 13.2 Å². The first-order valence-electron chi connectivity index (χ1n) is 5.96. The fourth-order valence-electron chi connectivity index (χ4n) is 1.70. The molecule has 0 unspecified atom stereocenters. The number of nitrogens with zero attached hydrogens (tertiary/aromatic N) is 1. The number of pyridine rings is 1. The lowest BCUT2D eigenvalue weighted by Gasteiger charge is -2.09. The molecular formula is C14H15NO3. The van der Waals surface area contributed by atoms with E-state index in [9.17, 15) is 4.79 Å². The highest BCUT2D eigenvalue weighted by Crippen LogP contribution is 2.23. The van der Waals surface area contributed by atoms with Crippen LogP contribution in [0.1, 0.15) is 24.2 Å². The Morgan fingerprint density at radius 1 is 1.22 bits per heavy atom. The molecule has 0 aliphatic heterocycles. The molecule has 0 spiro atoms. The molecule has 0 aliphatic carbocycles. The van der Waals surface area contributed by atoms with E-state index in [0.29, 0.717) is 24.7 Å². The molecule has 94 valence electrons. The Kier molecular flexibility index (Phi) is 3.77. The van der Waals surface area contributed by atoms with Crippen LogP contribution in [0.3, 0.4) is 0 Å². The Bertz CT molecular complexity index is 566. The summed E-state index contributed by atoms with van der Waals surface area (Å²) in [6.45, 7) is 4.41.